The minimum absolute atomic E-state index is 0.0925. The molecule has 1 atom stereocenters. The molecule has 0 saturated carbocycles. The van der Waals surface area contributed by atoms with Crippen LogP contribution in [-0.4, -0.2) is 6.29 Å². The Labute approximate surface area is 76.9 Å². The number of hydrogen-bond donors (Lipinski definition) is 0. The molecule has 1 aromatic carbocycles. The number of hydrogen-bond acceptors (Lipinski definition) is 1. The van der Waals surface area contributed by atoms with Crippen LogP contribution in [0.25, 0.3) is 6.08 Å². The van der Waals surface area contributed by atoms with Crippen LogP contribution in [-0.2, 0) is 4.79 Å². The van der Waals surface area contributed by atoms with Crippen LogP contribution in [0.15, 0.2) is 30.3 Å². The predicted molar refractivity (Wildman–Crippen MR) is 50.7 cm³/mol. The predicted octanol–water partition coefficient (Wildman–Crippen LogP) is 2.67. The largest absolute Gasteiger partial charge is 0.303 e. The molecule has 0 heterocycles. The monoisotopic (exact) mass is 178 g/mol. The lowest BCUT2D eigenvalue weighted by molar-refractivity contribution is -0.109. The quantitative estimate of drug-likeness (QED) is 0.650. The third kappa shape index (κ3) is 3.20. The average Bonchev–Trinajstić information content (AvgIpc) is 2.16. The highest BCUT2D eigenvalue weighted by molar-refractivity contribution is 5.60. The highest BCUT2D eigenvalue weighted by atomic mass is 19.1. The molecule has 0 saturated heterocycles. The highest BCUT2D eigenvalue weighted by Gasteiger charge is 1.92. The van der Waals surface area contributed by atoms with Gasteiger partial charge in [0, 0.05) is 5.92 Å². The SMILES string of the molecule is CC(C=O)/C=C/c1ccc(F)cc1. The molecule has 0 radical (unpaired) electrons. The van der Waals surface area contributed by atoms with E-state index in [4.69, 9.17) is 0 Å². The summed E-state index contributed by atoms with van der Waals surface area (Å²) in [5.74, 6) is -0.342. The van der Waals surface area contributed by atoms with Gasteiger partial charge in [0.1, 0.15) is 12.1 Å². The van der Waals surface area contributed by atoms with Gasteiger partial charge in [0.25, 0.3) is 0 Å². The molecular weight excluding hydrogens is 167 g/mol. The Morgan fingerprint density at radius 2 is 1.92 bits per heavy atom. The summed E-state index contributed by atoms with van der Waals surface area (Å²) in [5, 5.41) is 0. The first-order valence-electron chi connectivity index (χ1n) is 4.11. The Morgan fingerprint density at radius 3 is 2.46 bits per heavy atom. The second-order valence-electron chi connectivity index (χ2n) is 2.91. The van der Waals surface area contributed by atoms with E-state index >= 15 is 0 Å². The fourth-order valence-corrected chi connectivity index (χ4v) is 0.882. The zero-order chi connectivity index (χ0) is 9.68. The number of halogens is 1. The first-order chi connectivity index (χ1) is 6.22. The molecular formula is C11H11FO. The van der Waals surface area contributed by atoms with Crippen LogP contribution in [0.3, 0.4) is 0 Å². The van der Waals surface area contributed by atoms with Crippen molar-refractivity contribution in [1.29, 1.82) is 0 Å². The second-order valence-corrected chi connectivity index (χ2v) is 2.91. The first kappa shape index (κ1) is 9.65. The molecule has 1 unspecified atom stereocenters. The number of aldehydes is 1. The zero-order valence-electron chi connectivity index (χ0n) is 7.41. The maximum atomic E-state index is 12.5. The van der Waals surface area contributed by atoms with Gasteiger partial charge in [0.05, 0.1) is 0 Å². The van der Waals surface area contributed by atoms with Crippen molar-refractivity contribution in [2.75, 3.05) is 0 Å². The van der Waals surface area contributed by atoms with Gasteiger partial charge in [-0.3, -0.25) is 0 Å². The van der Waals surface area contributed by atoms with Crippen molar-refractivity contribution >= 4 is 12.4 Å². The summed E-state index contributed by atoms with van der Waals surface area (Å²) >= 11 is 0. The summed E-state index contributed by atoms with van der Waals surface area (Å²) in [6, 6.07) is 6.13. The minimum atomic E-state index is -0.249. The molecule has 2 heteroatoms. The number of benzene rings is 1. The van der Waals surface area contributed by atoms with E-state index in [2.05, 4.69) is 0 Å². The van der Waals surface area contributed by atoms with Gasteiger partial charge in [-0.05, 0) is 17.7 Å². The summed E-state index contributed by atoms with van der Waals surface area (Å²) in [4.78, 5) is 10.3. The Morgan fingerprint density at radius 1 is 1.31 bits per heavy atom. The van der Waals surface area contributed by atoms with E-state index in [1.54, 1.807) is 31.2 Å². The molecule has 0 aromatic heterocycles. The van der Waals surface area contributed by atoms with E-state index in [1.165, 1.54) is 12.1 Å². The number of rotatable bonds is 3. The number of allylic oxidation sites excluding steroid dienone is 1. The van der Waals surface area contributed by atoms with Gasteiger partial charge >= 0.3 is 0 Å². The molecule has 68 valence electrons. The van der Waals surface area contributed by atoms with E-state index in [0.29, 0.717) is 0 Å². The molecule has 0 aliphatic heterocycles. The van der Waals surface area contributed by atoms with Gasteiger partial charge < -0.3 is 4.79 Å². The van der Waals surface area contributed by atoms with Crippen molar-refractivity contribution in [3.05, 3.63) is 41.7 Å². The average molecular weight is 178 g/mol. The Balaban J connectivity index is 2.69. The number of carbonyl (C=O) groups is 1. The molecule has 1 rings (SSSR count). The van der Waals surface area contributed by atoms with Crippen LogP contribution in [0.2, 0.25) is 0 Å². The molecule has 0 aliphatic rings. The molecule has 0 spiro atoms. The lowest BCUT2D eigenvalue weighted by Crippen LogP contribution is -1.88. The smallest absolute Gasteiger partial charge is 0.126 e. The van der Waals surface area contributed by atoms with E-state index in [1.807, 2.05) is 0 Å². The molecule has 0 fully saturated rings. The van der Waals surface area contributed by atoms with Gasteiger partial charge in [-0.15, -0.1) is 0 Å². The van der Waals surface area contributed by atoms with Crippen LogP contribution in [0.1, 0.15) is 12.5 Å². The Bertz CT molecular complexity index is 300. The van der Waals surface area contributed by atoms with Crippen molar-refractivity contribution in [1.82, 2.24) is 0 Å². The van der Waals surface area contributed by atoms with Crippen molar-refractivity contribution in [3.63, 3.8) is 0 Å². The Hall–Kier alpha value is -1.44. The molecule has 1 nitrogen and oxygen atoms in total. The molecule has 0 amide bonds. The molecule has 0 aliphatic carbocycles. The third-order valence-corrected chi connectivity index (χ3v) is 1.68. The third-order valence-electron chi connectivity index (χ3n) is 1.68. The van der Waals surface area contributed by atoms with Gasteiger partial charge in [-0.1, -0.05) is 31.2 Å². The fourth-order valence-electron chi connectivity index (χ4n) is 0.882. The van der Waals surface area contributed by atoms with Gasteiger partial charge in [0.2, 0.25) is 0 Å². The van der Waals surface area contributed by atoms with Gasteiger partial charge in [0.15, 0.2) is 0 Å². The van der Waals surface area contributed by atoms with E-state index < -0.39 is 0 Å². The maximum Gasteiger partial charge on any atom is 0.126 e. The van der Waals surface area contributed by atoms with Crippen LogP contribution in [0, 0.1) is 11.7 Å². The van der Waals surface area contributed by atoms with Crippen molar-refractivity contribution in [3.8, 4) is 0 Å². The molecule has 0 N–H and O–H groups in total. The Kier molecular flexibility index (Phi) is 3.38. The minimum Gasteiger partial charge on any atom is -0.303 e. The van der Waals surface area contributed by atoms with Gasteiger partial charge in [-0.2, -0.15) is 0 Å². The maximum absolute atomic E-state index is 12.5. The van der Waals surface area contributed by atoms with Crippen LogP contribution >= 0.6 is 0 Å². The van der Waals surface area contributed by atoms with Crippen LogP contribution in [0.5, 0.6) is 0 Å². The molecule has 1 aromatic rings. The summed E-state index contributed by atoms with van der Waals surface area (Å²) in [7, 11) is 0. The lowest BCUT2D eigenvalue weighted by Gasteiger charge is -1.94. The molecule has 0 bridgehead atoms. The van der Waals surface area contributed by atoms with E-state index in [9.17, 15) is 9.18 Å². The normalized spacial score (nSPS) is 13.1. The summed E-state index contributed by atoms with van der Waals surface area (Å²) < 4.78 is 12.5. The second kappa shape index (κ2) is 4.55. The fraction of sp³-hybridized carbons (Fsp3) is 0.182. The first-order valence-corrected chi connectivity index (χ1v) is 4.11. The lowest BCUT2D eigenvalue weighted by atomic mass is 10.1. The number of carbonyl (C=O) groups excluding carboxylic acids is 1. The summed E-state index contributed by atoms with van der Waals surface area (Å²) in [5.41, 5.74) is 0.898. The van der Waals surface area contributed by atoms with Crippen molar-refractivity contribution in [2.24, 2.45) is 5.92 Å². The van der Waals surface area contributed by atoms with E-state index in [0.717, 1.165) is 11.8 Å². The van der Waals surface area contributed by atoms with Crippen molar-refractivity contribution in [2.45, 2.75) is 6.92 Å². The standard InChI is InChI=1S/C11H11FO/c1-9(8-13)2-3-10-4-6-11(12)7-5-10/h2-9H,1H3/b3-2+. The zero-order valence-corrected chi connectivity index (χ0v) is 7.41. The van der Waals surface area contributed by atoms with Gasteiger partial charge in [-0.25, -0.2) is 4.39 Å². The summed E-state index contributed by atoms with van der Waals surface area (Å²) in [6.45, 7) is 1.80. The topological polar surface area (TPSA) is 17.1 Å². The highest BCUT2D eigenvalue weighted by Crippen LogP contribution is 2.06. The van der Waals surface area contributed by atoms with Crippen LogP contribution < -0.4 is 0 Å². The van der Waals surface area contributed by atoms with E-state index in [-0.39, 0.29) is 11.7 Å². The molecule has 13 heavy (non-hydrogen) atoms. The summed E-state index contributed by atoms with van der Waals surface area (Å²) in [6.07, 6.45) is 4.44. The van der Waals surface area contributed by atoms with Crippen molar-refractivity contribution < 1.29 is 9.18 Å². The van der Waals surface area contributed by atoms with Crippen LogP contribution in [0.4, 0.5) is 4.39 Å².